The van der Waals surface area contributed by atoms with Gasteiger partial charge in [-0.2, -0.15) is 0 Å². The number of carbonyl (C=O) groups excluding carboxylic acids is 1. The van der Waals surface area contributed by atoms with Gasteiger partial charge in [0, 0.05) is 22.0 Å². The number of alkyl halides is 1. The number of rotatable bonds is 3. The van der Waals surface area contributed by atoms with Crippen LogP contribution in [0.1, 0.15) is 41.6 Å². The molecule has 0 saturated heterocycles. The van der Waals surface area contributed by atoms with E-state index in [-0.39, 0.29) is 11.3 Å². The highest BCUT2D eigenvalue weighted by atomic mass is 79.9. The molecular weight excluding hydrogens is 326 g/mol. The van der Waals surface area contributed by atoms with Gasteiger partial charge in [0.15, 0.2) is 0 Å². The Balaban J connectivity index is 1.93. The lowest BCUT2D eigenvalue weighted by molar-refractivity contribution is 0.0943. The SMILES string of the molecule is Cc1cc(Br)ccc1C(=O)NCC1CCCCC1Cl. The van der Waals surface area contributed by atoms with E-state index in [1.807, 2.05) is 25.1 Å². The molecule has 0 bridgehead atoms. The predicted octanol–water partition coefficient (Wildman–Crippen LogP) is 4.28. The Hall–Kier alpha value is -0.540. The average Bonchev–Trinajstić information content (AvgIpc) is 2.37. The van der Waals surface area contributed by atoms with Crippen molar-refractivity contribution in [1.29, 1.82) is 0 Å². The number of benzene rings is 1. The van der Waals surface area contributed by atoms with Crippen LogP contribution in [0.25, 0.3) is 0 Å². The molecule has 4 heteroatoms. The highest BCUT2D eigenvalue weighted by molar-refractivity contribution is 9.10. The molecule has 1 amide bonds. The van der Waals surface area contributed by atoms with Crippen LogP contribution in [0.5, 0.6) is 0 Å². The fourth-order valence-electron chi connectivity index (χ4n) is 2.59. The average molecular weight is 345 g/mol. The number of nitrogens with one attached hydrogen (secondary N) is 1. The van der Waals surface area contributed by atoms with Gasteiger partial charge in [-0.15, -0.1) is 11.6 Å². The van der Waals surface area contributed by atoms with E-state index in [9.17, 15) is 4.79 Å². The maximum Gasteiger partial charge on any atom is 0.251 e. The molecule has 2 nitrogen and oxygen atoms in total. The van der Waals surface area contributed by atoms with Gasteiger partial charge in [0.2, 0.25) is 0 Å². The van der Waals surface area contributed by atoms with E-state index >= 15 is 0 Å². The molecule has 1 N–H and O–H groups in total. The molecular formula is C15H19BrClNO. The molecule has 1 aliphatic rings. The van der Waals surface area contributed by atoms with E-state index in [0.717, 1.165) is 28.4 Å². The normalized spacial score (nSPS) is 23.1. The van der Waals surface area contributed by atoms with Crippen molar-refractivity contribution in [1.82, 2.24) is 5.32 Å². The second-order valence-corrected chi connectivity index (χ2v) is 6.71. The second-order valence-electron chi connectivity index (χ2n) is 5.23. The van der Waals surface area contributed by atoms with Crippen molar-refractivity contribution in [3.05, 3.63) is 33.8 Å². The summed E-state index contributed by atoms with van der Waals surface area (Å²) < 4.78 is 0.995. The number of hydrogen-bond donors (Lipinski definition) is 1. The second kappa shape index (κ2) is 6.76. The quantitative estimate of drug-likeness (QED) is 0.815. The summed E-state index contributed by atoms with van der Waals surface area (Å²) >= 11 is 9.71. The largest absolute Gasteiger partial charge is 0.352 e. The number of carbonyl (C=O) groups is 1. The third-order valence-corrected chi connectivity index (χ3v) is 4.84. The van der Waals surface area contributed by atoms with E-state index in [2.05, 4.69) is 21.2 Å². The van der Waals surface area contributed by atoms with Crippen LogP contribution in [0.3, 0.4) is 0 Å². The highest BCUT2D eigenvalue weighted by Crippen LogP contribution is 2.28. The van der Waals surface area contributed by atoms with Gasteiger partial charge in [-0.3, -0.25) is 4.79 Å². The Morgan fingerprint density at radius 2 is 2.16 bits per heavy atom. The van der Waals surface area contributed by atoms with Gasteiger partial charge in [-0.05, 0) is 49.4 Å². The van der Waals surface area contributed by atoms with Crippen molar-refractivity contribution in [2.75, 3.05) is 6.54 Å². The molecule has 1 aromatic rings. The fourth-order valence-corrected chi connectivity index (χ4v) is 3.44. The Morgan fingerprint density at radius 3 is 2.84 bits per heavy atom. The van der Waals surface area contributed by atoms with Crippen LogP contribution < -0.4 is 5.32 Å². The fraction of sp³-hybridized carbons (Fsp3) is 0.533. The van der Waals surface area contributed by atoms with Gasteiger partial charge < -0.3 is 5.32 Å². The van der Waals surface area contributed by atoms with Crippen LogP contribution in [-0.2, 0) is 0 Å². The first-order chi connectivity index (χ1) is 9.08. The first-order valence-corrected chi connectivity index (χ1v) is 7.99. The number of aryl methyl sites for hydroxylation is 1. The lowest BCUT2D eigenvalue weighted by atomic mass is 9.88. The first-order valence-electron chi connectivity index (χ1n) is 6.76. The van der Waals surface area contributed by atoms with Crippen molar-refractivity contribution in [3.63, 3.8) is 0 Å². The van der Waals surface area contributed by atoms with E-state index in [1.54, 1.807) is 0 Å². The number of halogens is 2. The lowest BCUT2D eigenvalue weighted by Crippen LogP contribution is -2.35. The molecule has 0 spiro atoms. The van der Waals surface area contributed by atoms with Crippen LogP contribution in [0.15, 0.2) is 22.7 Å². The van der Waals surface area contributed by atoms with Crippen molar-refractivity contribution < 1.29 is 4.79 Å². The molecule has 0 aliphatic heterocycles. The summed E-state index contributed by atoms with van der Waals surface area (Å²) in [6.07, 6.45) is 4.62. The minimum Gasteiger partial charge on any atom is -0.352 e. The van der Waals surface area contributed by atoms with Gasteiger partial charge >= 0.3 is 0 Å². The van der Waals surface area contributed by atoms with Gasteiger partial charge in [-0.1, -0.05) is 28.8 Å². The van der Waals surface area contributed by atoms with Crippen LogP contribution in [0.2, 0.25) is 0 Å². The molecule has 2 atom stereocenters. The Morgan fingerprint density at radius 1 is 1.42 bits per heavy atom. The zero-order valence-electron chi connectivity index (χ0n) is 11.1. The maximum absolute atomic E-state index is 12.2. The summed E-state index contributed by atoms with van der Waals surface area (Å²) in [4.78, 5) is 12.2. The van der Waals surface area contributed by atoms with Gasteiger partial charge in [-0.25, -0.2) is 0 Å². The van der Waals surface area contributed by atoms with Gasteiger partial charge in [0.25, 0.3) is 5.91 Å². The summed E-state index contributed by atoms with van der Waals surface area (Å²) in [6, 6.07) is 5.71. The zero-order valence-corrected chi connectivity index (χ0v) is 13.4. The van der Waals surface area contributed by atoms with Crippen molar-refractivity contribution in [2.24, 2.45) is 5.92 Å². The third kappa shape index (κ3) is 3.96. The maximum atomic E-state index is 12.2. The number of amides is 1. The summed E-state index contributed by atoms with van der Waals surface area (Å²) in [5, 5.41) is 3.23. The predicted molar refractivity (Wildman–Crippen MR) is 82.8 cm³/mol. The van der Waals surface area contributed by atoms with E-state index < -0.39 is 0 Å². The third-order valence-electron chi connectivity index (χ3n) is 3.77. The molecule has 104 valence electrons. The molecule has 1 fully saturated rings. The molecule has 0 radical (unpaired) electrons. The zero-order chi connectivity index (χ0) is 13.8. The van der Waals surface area contributed by atoms with Gasteiger partial charge in [0.1, 0.15) is 0 Å². The molecule has 1 aromatic carbocycles. The standard InChI is InChI=1S/C15H19BrClNO/c1-10-8-12(16)6-7-13(10)15(19)18-9-11-4-2-3-5-14(11)17/h6-8,11,14H,2-5,9H2,1H3,(H,18,19). The monoisotopic (exact) mass is 343 g/mol. The van der Waals surface area contributed by atoms with Crippen LogP contribution in [0.4, 0.5) is 0 Å². The minimum atomic E-state index is -0.000518. The van der Waals surface area contributed by atoms with E-state index in [1.165, 1.54) is 12.8 Å². The molecule has 0 heterocycles. The smallest absolute Gasteiger partial charge is 0.251 e. The molecule has 2 rings (SSSR count). The van der Waals surface area contributed by atoms with Crippen LogP contribution in [-0.4, -0.2) is 17.8 Å². The van der Waals surface area contributed by atoms with Crippen molar-refractivity contribution in [3.8, 4) is 0 Å². The molecule has 19 heavy (non-hydrogen) atoms. The molecule has 2 unspecified atom stereocenters. The lowest BCUT2D eigenvalue weighted by Gasteiger charge is -2.27. The Kier molecular flexibility index (Phi) is 5.28. The highest BCUT2D eigenvalue weighted by Gasteiger charge is 2.23. The molecule has 1 saturated carbocycles. The van der Waals surface area contributed by atoms with E-state index in [0.29, 0.717) is 12.5 Å². The minimum absolute atomic E-state index is 0.000518. The summed E-state index contributed by atoms with van der Waals surface area (Å²) in [5.74, 6) is 0.412. The van der Waals surface area contributed by atoms with Crippen molar-refractivity contribution in [2.45, 2.75) is 38.0 Å². The Bertz CT molecular complexity index is 463. The first kappa shape index (κ1) is 14.9. The number of hydrogen-bond acceptors (Lipinski definition) is 1. The van der Waals surface area contributed by atoms with Gasteiger partial charge in [0.05, 0.1) is 0 Å². The molecule has 0 aromatic heterocycles. The van der Waals surface area contributed by atoms with Crippen LogP contribution >= 0.6 is 27.5 Å². The Labute approximate surface area is 128 Å². The summed E-state index contributed by atoms with van der Waals surface area (Å²) in [5.41, 5.74) is 1.73. The molecule has 1 aliphatic carbocycles. The topological polar surface area (TPSA) is 29.1 Å². The summed E-state index contributed by atoms with van der Waals surface area (Å²) in [7, 11) is 0. The van der Waals surface area contributed by atoms with Crippen LogP contribution in [0, 0.1) is 12.8 Å². The summed E-state index contributed by atoms with van der Waals surface area (Å²) in [6.45, 7) is 2.63. The van der Waals surface area contributed by atoms with E-state index in [4.69, 9.17) is 11.6 Å². The van der Waals surface area contributed by atoms with Crippen molar-refractivity contribution >= 4 is 33.4 Å².